The normalized spacial score (nSPS) is 12.7. The molecule has 0 saturated heterocycles. The average molecular weight is 935 g/mol. The van der Waals surface area contributed by atoms with Crippen LogP contribution >= 0.6 is 0 Å². The number of halogens is 12. The van der Waals surface area contributed by atoms with Gasteiger partial charge in [0.05, 0.1) is 67.3 Å². The van der Waals surface area contributed by atoms with Crippen LogP contribution in [0.3, 0.4) is 0 Å². The van der Waals surface area contributed by atoms with Gasteiger partial charge in [-0.05, 0) is 113 Å². The Morgan fingerprint density at radius 3 is 1.10 bits per heavy atom. The quantitative estimate of drug-likeness (QED) is 0.161. The molecule has 0 aliphatic heterocycles. The Bertz CT molecular complexity index is 3420. The molecule has 0 bridgehead atoms. The van der Waals surface area contributed by atoms with Crippen LogP contribution in [0.4, 0.5) is 52.7 Å². The number of nitrogens with zero attached hydrogens (tertiary/aromatic N) is 4. The first-order chi connectivity index (χ1) is 32.2. The maximum atomic E-state index is 14.1. The molecule has 16 heteroatoms. The SMILES string of the molecule is N#Cc1cc(-n2c3ccccc3c3ccc(-c4cc(C(F)(F)F)cc(C(F)(F)F)c4)cc32)c(-c2ccncc2)c(-n2c3ccccc3c3ccc(-c4cc(C(F)(F)F)cc(C(F)(F)F)c4)cc32)c1. The van der Waals surface area contributed by atoms with Gasteiger partial charge >= 0.3 is 24.7 Å². The molecule has 68 heavy (non-hydrogen) atoms. The van der Waals surface area contributed by atoms with Gasteiger partial charge in [-0.15, -0.1) is 0 Å². The smallest absolute Gasteiger partial charge is 0.308 e. The second kappa shape index (κ2) is 15.5. The van der Waals surface area contributed by atoms with E-state index in [4.69, 9.17) is 0 Å². The van der Waals surface area contributed by atoms with E-state index in [0.717, 1.165) is 0 Å². The van der Waals surface area contributed by atoms with E-state index >= 15 is 0 Å². The number of aromatic nitrogens is 3. The van der Waals surface area contributed by atoms with Crippen molar-refractivity contribution in [3.63, 3.8) is 0 Å². The standard InChI is InChI=1S/C52H26F12N4/c53-49(54,55)34-19-32(20-35(25-34)50(56,57)58)30-9-11-40-38-5-1-3-7-42(38)67(44(40)23-30)46-17-28(27-65)18-47(48(46)29-13-15-66-16-14-29)68-43-8-4-2-6-39(43)41-12-10-31(24-45(41)68)33-21-36(51(59,60)61)26-37(22-33)52(62,63)64/h1-26H. The summed E-state index contributed by atoms with van der Waals surface area (Å²) in [7, 11) is 0. The summed E-state index contributed by atoms with van der Waals surface area (Å²) >= 11 is 0. The molecule has 10 aromatic rings. The Labute approximate surface area is 376 Å². The van der Waals surface area contributed by atoms with Gasteiger partial charge in [-0.2, -0.15) is 57.9 Å². The first-order valence-electron chi connectivity index (χ1n) is 20.3. The number of hydrogen-bond donors (Lipinski definition) is 0. The predicted octanol–water partition coefficient (Wildman–Crippen LogP) is 16.2. The monoisotopic (exact) mass is 934 g/mol. The molecule has 0 N–H and O–H groups in total. The molecule has 0 spiro atoms. The summed E-state index contributed by atoms with van der Waals surface area (Å²) in [6, 6.07) is 34.4. The number of para-hydroxylation sites is 2. The molecule has 10 rings (SSSR count). The fourth-order valence-electron chi connectivity index (χ4n) is 8.91. The second-order valence-corrected chi connectivity index (χ2v) is 16.0. The minimum Gasteiger partial charge on any atom is -0.308 e. The lowest BCUT2D eigenvalue weighted by Crippen LogP contribution is -2.11. The molecular weight excluding hydrogens is 909 g/mol. The summed E-state index contributed by atoms with van der Waals surface area (Å²) in [6.07, 6.45) is -17.4. The number of hydrogen-bond acceptors (Lipinski definition) is 2. The van der Waals surface area contributed by atoms with Crippen LogP contribution in [0.15, 0.2) is 158 Å². The zero-order chi connectivity index (χ0) is 48.1. The van der Waals surface area contributed by atoms with Crippen LogP contribution in [0.1, 0.15) is 27.8 Å². The summed E-state index contributed by atoms with van der Waals surface area (Å²) in [5, 5.41) is 13.1. The van der Waals surface area contributed by atoms with Crippen molar-refractivity contribution in [2.24, 2.45) is 0 Å². The highest BCUT2D eigenvalue weighted by Crippen LogP contribution is 2.46. The van der Waals surface area contributed by atoms with Crippen molar-refractivity contribution < 1.29 is 52.7 Å². The number of fused-ring (bicyclic) bond motifs is 6. The first kappa shape index (κ1) is 43.8. The minimum atomic E-state index is -5.12. The number of alkyl halides is 12. The van der Waals surface area contributed by atoms with Crippen molar-refractivity contribution in [3.8, 4) is 50.8 Å². The third kappa shape index (κ3) is 7.53. The molecule has 0 unspecified atom stereocenters. The number of nitriles is 1. The Hall–Kier alpha value is -8.06. The summed E-state index contributed by atoms with van der Waals surface area (Å²) < 4.78 is 173. The van der Waals surface area contributed by atoms with E-state index in [0.29, 0.717) is 90.4 Å². The fourth-order valence-corrected chi connectivity index (χ4v) is 8.91. The molecule has 0 amide bonds. The maximum Gasteiger partial charge on any atom is 0.416 e. The van der Waals surface area contributed by atoms with Crippen molar-refractivity contribution in [2.75, 3.05) is 0 Å². The van der Waals surface area contributed by atoms with Gasteiger partial charge < -0.3 is 9.13 Å². The third-order valence-electron chi connectivity index (χ3n) is 11.9. The number of rotatable bonds is 5. The summed E-state index contributed by atoms with van der Waals surface area (Å²) in [5.74, 6) is 0. The van der Waals surface area contributed by atoms with Gasteiger partial charge in [0, 0.05) is 39.5 Å². The van der Waals surface area contributed by atoms with Crippen LogP contribution in [0, 0.1) is 11.3 Å². The number of pyridine rings is 1. The molecule has 3 heterocycles. The summed E-state index contributed by atoms with van der Waals surface area (Å²) in [6.45, 7) is 0. The third-order valence-corrected chi connectivity index (χ3v) is 11.9. The van der Waals surface area contributed by atoms with Crippen LogP contribution in [-0.4, -0.2) is 14.1 Å². The van der Waals surface area contributed by atoms with Crippen molar-refractivity contribution in [1.29, 1.82) is 5.26 Å². The minimum absolute atomic E-state index is 0.0125. The van der Waals surface area contributed by atoms with E-state index < -0.39 is 47.0 Å². The van der Waals surface area contributed by atoms with Crippen LogP contribution in [0.2, 0.25) is 0 Å². The van der Waals surface area contributed by atoms with E-state index in [1.165, 1.54) is 36.7 Å². The molecule has 0 aliphatic carbocycles. The summed E-state index contributed by atoms with van der Waals surface area (Å²) in [5.41, 5.74) is -3.32. The van der Waals surface area contributed by atoms with Crippen LogP contribution in [0.25, 0.3) is 88.4 Å². The molecule has 338 valence electrons. The van der Waals surface area contributed by atoms with E-state index in [2.05, 4.69) is 11.1 Å². The highest BCUT2D eigenvalue weighted by atomic mass is 19.4. The van der Waals surface area contributed by atoms with Gasteiger partial charge in [0.25, 0.3) is 0 Å². The fraction of sp³-hybridized carbons (Fsp3) is 0.0769. The van der Waals surface area contributed by atoms with E-state index in [-0.39, 0.29) is 39.9 Å². The van der Waals surface area contributed by atoms with Gasteiger partial charge in [0.1, 0.15) is 0 Å². The molecule has 0 fully saturated rings. The van der Waals surface area contributed by atoms with Crippen molar-refractivity contribution in [2.45, 2.75) is 24.7 Å². The second-order valence-electron chi connectivity index (χ2n) is 16.0. The highest BCUT2D eigenvalue weighted by molar-refractivity contribution is 6.13. The molecular formula is C52H26F12N4. The van der Waals surface area contributed by atoms with Crippen LogP contribution in [-0.2, 0) is 24.7 Å². The van der Waals surface area contributed by atoms with Crippen molar-refractivity contribution in [3.05, 3.63) is 186 Å². The molecule has 0 atom stereocenters. The Balaban J connectivity index is 1.31. The van der Waals surface area contributed by atoms with Crippen molar-refractivity contribution in [1.82, 2.24) is 14.1 Å². The molecule has 0 aliphatic rings. The van der Waals surface area contributed by atoms with Crippen LogP contribution in [0.5, 0.6) is 0 Å². The Morgan fingerprint density at radius 1 is 0.368 bits per heavy atom. The van der Waals surface area contributed by atoms with E-state index in [1.54, 1.807) is 94.1 Å². The van der Waals surface area contributed by atoms with Gasteiger partial charge in [0.2, 0.25) is 0 Å². The van der Waals surface area contributed by atoms with E-state index in [1.807, 2.05) is 0 Å². The molecule has 3 aromatic heterocycles. The number of benzene rings is 7. The van der Waals surface area contributed by atoms with Gasteiger partial charge in [-0.25, -0.2) is 0 Å². The highest BCUT2D eigenvalue weighted by Gasteiger charge is 2.39. The lowest BCUT2D eigenvalue weighted by Gasteiger charge is -2.21. The Morgan fingerprint density at radius 2 is 0.735 bits per heavy atom. The van der Waals surface area contributed by atoms with Crippen molar-refractivity contribution >= 4 is 43.6 Å². The maximum absolute atomic E-state index is 14.1. The largest absolute Gasteiger partial charge is 0.416 e. The van der Waals surface area contributed by atoms with Gasteiger partial charge in [-0.1, -0.05) is 60.7 Å². The predicted molar refractivity (Wildman–Crippen MR) is 234 cm³/mol. The van der Waals surface area contributed by atoms with Crippen LogP contribution < -0.4 is 0 Å². The van der Waals surface area contributed by atoms with Gasteiger partial charge in [-0.3, -0.25) is 4.98 Å². The topological polar surface area (TPSA) is 46.5 Å². The first-order valence-corrected chi connectivity index (χ1v) is 20.3. The summed E-state index contributed by atoms with van der Waals surface area (Å²) in [4.78, 5) is 4.19. The van der Waals surface area contributed by atoms with Gasteiger partial charge in [0.15, 0.2) is 0 Å². The molecule has 7 aromatic carbocycles. The molecule has 0 radical (unpaired) electrons. The lowest BCUT2D eigenvalue weighted by molar-refractivity contribution is -0.144. The zero-order valence-corrected chi connectivity index (χ0v) is 34.3. The zero-order valence-electron chi connectivity index (χ0n) is 34.3. The Kier molecular flexibility index (Phi) is 9.99. The average Bonchev–Trinajstić information content (AvgIpc) is 3.82. The van der Waals surface area contributed by atoms with E-state index in [9.17, 15) is 57.9 Å². The molecule has 0 saturated carbocycles. The molecule has 4 nitrogen and oxygen atoms in total. The lowest BCUT2D eigenvalue weighted by atomic mass is 9.97.